The number of benzene rings is 1. The molecule has 2 aromatic rings. The average molecular weight is 321 g/mol. The molecule has 0 saturated heterocycles. The van der Waals surface area contributed by atoms with Gasteiger partial charge in [-0.25, -0.2) is 4.68 Å². The van der Waals surface area contributed by atoms with E-state index < -0.39 is 0 Å². The molecule has 1 unspecified atom stereocenters. The molecule has 1 heterocycles. The molecule has 0 amide bonds. The third kappa shape index (κ3) is 2.24. The van der Waals surface area contributed by atoms with Gasteiger partial charge in [-0.2, -0.15) is 0 Å². The largest absolute Gasteiger partial charge is 0.219 e. The molecule has 3 nitrogen and oxygen atoms in total. The van der Waals surface area contributed by atoms with Crippen LogP contribution in [0.2, 0.25) is 10.0 Å². The quantitative estimate of drug-likeness (QED) is 0.782. The molecule has 0 N–H and O–H groups in total. The fourth-order valence-electron chi connectivity index (χ4n) is 1.25. The normalized spacial score (nSPS) is 12.8. The zero-order valence-corrected chi connectivity index (χ0v) is 11.5. The first kappa shape index (κ1) is 11.9. The Morgan fingerprint density at radius 2 is 2.12 bits per heavy atom. The first-order valence-corrected chi connectivity index (χ1v) is 6.27. The molecule has 0 spiro atoms. The van der Waals surface area contributed by atoms with E-state index in [0.29, 0.717) is 10.0 Å². The van der Waals surface area contributed by atoms with Crippen LogP contribution in [0, 0.1) is 0 Å². The van der Waals surface area contributed by atoms with Gasteiger partial charge in [-0.3, -0.25) is 0 Å². The van der Waals surface area contributed by atoms with Crippen LogP contribution in [0.15, 0.2) is 24.4 Å². The Morgan fingerprint density at radius 1 is 1.38 bits per heavy atom. The van der Waals surface area contributed by atoms with Crippen molar-refractivity contribution in [2.75, 3.05) is 0 Å². The van der Waals surface area contributed by atoms with Crippen molar-refractivity contribution in [1.29, 1.82) is 0 Å². The molecule has 84 valence electrons. The van der Waals surface area contributed by atoms with Crippen molar-refractivity contribution in [2.45, 2.75) is 11.8 Å². The molecule has 0 bridgehead atoms. The molecule has 0 radical (unpaired) electrons. The van der Waals surface area contributed by atoms with Gasteiger partial charge in [0.15, 0.2) is 0 Å². The van der Waals surface area contributed by atoms with E-state index in [2.05, 4.69) is 26.2 Å². The highest BCUT2D eigenvalue weighted by Crippen LogP contribution is 2.28. The molecule has 0 fully saturated rings. The summed E-state index contributed by atoms with van der Waals surface area (Å²) >= 11 is 15.4. The summed E-state index contributed by atoms with van der Waals surface area (Å²) < 4.78 is 1.61. The first-order valence-electron chi connectivity index (χ1n) is 4.60. The first-order chi connectivity index (χ1) is 7.59. The van der Waals surface area contributed by atoms with Crippen LogP contribution in [0.1, 0.15) is 17.4 Å². The van der Waals surface area contributed by atoms with Crippen molar-refractivity contribution in [2.24, 2.45) is 0 Å². The molecule has 16 heavy (non-hydrogen) atoms. The molecule has 0 aliphatic carbocycles. The summed E-state index contributed by atoms with van der Waals surface area (Å²) in [7, 11) is 0. The Bertz CT molecular complexity index is 511. The van der Waals surface area contributed by atoms with E-state index >= 15 is 0 Å². The molecule has 1 aromatic carbocycles. The van der Waals surface area contributed by atoms with Crippen molar-refractivity contribution >= 4 is 39.1 Å². The predicted molar refractivity (Wildman–Crippen MR) is 68.7 cm³/mol. The zero-order valence-electron chi connectivity index (χ0n) is 8.36. The molecular formula is C10H8BrCl2N3. The molecule has 2 rings (SSSR count). The van der Waals surface area contributed by atoms with Gasteiger partial charge in [-0.15, -0.1) is 5.10 Å². The molecule has 6 heteroatoms. The molecule has 0 aliphatic heterocycles. The highest BCUT2D eigenvalue weighted by Gasteiger charge is 2.11. The Labute approximate surface area is 111 Å². The lowest BCUT2D eigenvalue weighted by Crippen LogP contribution is -1.95. The Morgan fingerprint density at radius 3 is 2.75 bits per heavy atom. The number of rotatable bonds is 2. The molecule has 1 aromatic heterocycles. The van der Waals surface area contributed by atoms with Crippen LogP contribution in [0.3, 0.4) is 0 Å². The highest BCUT2D eigenvalue weighted by atomic mass is 79.9. The van der Waals surface area contributed by atoms with Gasteiger partial charge >= 0.3 is 0 Å². The van der Waals surface area contributed by atoms with Gasteiger partial charge in [0, 0.05) is 0 Å². The molecule has 0 saturated carbocycles. The van der Waals surface area contributed by atoms with Crippen molar-refractivity contribution in [1.82, 2.24) is 15.0 Å². The summed E-state index contributed by atoms with van der Waals surface area (Å²) in [4.78, 5) is 0.152. The third-order valence-electron chi connectivity index (χ3n) is 2.10. The Balaban J connectivity index is 2.47. The van der Waals surface area contributed by atoms with Crippen LogP contribution in [0.4, 0.5) is 0 Å². The number of nitrogens with zero attached hydrogens (tertiary/aromatic N) is 3. The van der Waals surface area contributed by atoms with Gasteiger partial charge in [0.25, 0.3) is 0 Å². The number of hydrogen-bond acceptors (Lipinski definition) is 2. The predicted octanol–water partition coefficient (Wildman–Crippen LogP) is 4.03. The van der Waals surface area contributed by atoms with Gasteiger partial charge in [-0.1, -0.05) is 50.4 Å². The number of halogens is 3. The summed E-state index contributed by atoms with van der Waals surface area (Å²) in [5.41, 5.74) is 1.57. The van der Waals surface area contributed by atoms with E-state index in [4.69, 9.17) is 23.2 Å². The number of alkyl halides is 1. The maximum Gasteiger partial charge on any atom is 0.0965 e. The van der Waals surface area contributed by atoms with Crippen LogP contribution >= 0.6 is 39.1 Å². The zero-order chi connectivity index (χ0) is 11.7. The summed E-state index contributed by atoms with van der Waals surface area (Å²) in [6, 6.07) is 5.40. The Hall–Kier alpha value is -0.580. The van der Waals surface area contributed by atoms with Crippen LogP contribution in [-0.4, -0.2) is 15.0 Å². The molecular weight excluding hydrogens is 313 g/mol. The number of aromatic nitrogens is 3. The van der Waals surface area contributed by atoms with Gasteiger partial charge in [0.2, 0.25) is 0 Å². The maximum atomic E-state index is 6.08. The van der Waals surface area contributed by atoms with Crippen molar-refractivity contribution < 1.29 is 0 Å². The monoisotopic (exact) mass is 319 g/mol. The van der Waals surface area contributed by atoms with Crippen LogP contribution in [-0.2, 0) is 0 Å². The maximum absolute atomic E-state index is 6.08. The second kappa shape index (κ2) is 4.73. The smallest absolute Gasteiger partial charge is 0.0965 e. The van der Waals surface area contributed by atoms with E-state index in [9.17, 15) is 0 Å². The molecule has 0 aliphatic rings. The Kier molecular flexibility index (Phi) is 3.52. The van der Waals surface area contributed by atoms with E-state index in [1.807, 2.05) is 25.3 Å². The summed E-state index contributed by atoms with van der Waals surface area (Å²) in [5, 5.41) is 9.01. The summed E-state index contributed by atoms with van der Waals surface area (Å²) in [6.45, 7) is 1.98. The highest BCUT2D eigenvalue weighted by molar-refractivity contribution is 9.09. The summed E-state index contributed by atoms with van der Waals surface area (Å²) in [5.74, 6) is 0. The third-order valence-corrected chi connectivity index (χ3v) is 3.37. The minimum Gasteiger partial charge on any atom is -0.219 e. The summed E-state index contributed by atoms with van der Waals surface area (Å²) in [6.07, 6.45) is 1.82. The minimum absolute atomic E-state index is 0.152. The van der Waals surface area contributed by atoms with E-state index in [1.165, 1.54) is 0 Å². The van der Waals surface area contributed by atoms with E-state index in [1.54, 1.807) is 10.7 Å². The standard InChI is InChI=1S/C10H8BrCl2N3/c1-6(11)8-5-16(15-14-8)9-4-2-3-7(12)10(9)13/h2-6H,1H3. The second-order valence-corrected chi connectivity index (χ2v) is 5.44. The van der Waals surface area contributed by atoms with Crippen LogP contribution in [0.5, 0.6) is 0 Å². The van der Waals surface area contributed by atoms with Crippen molar-refractivity contribution in [3.05, 3.63) is 40.1 Å². The van der Waals surface area contributed by atoms with Gasteiger partial charge in [-0.05, 0) is 19.1 Å². The van der Waals surface area contributed by atoms with Gasteiger partial charge < -0.3 is 0 Å². The lowest BCUT2D eigenvalue weighted by Gasteiger charge is -2.03. The fraction of sp³-hybridized carbons (Fsp3) is 0.200. The topological polar surface area (TPSA) is 30.7 Å². The van der Waals surface area contributed by atoms with Gasteiger partial charge in [0.1, 0.15) is 0 Å². The lowest BCUT2D eigenvalue weighted by atomic mass is 10.3. The van der Waals surface area contributed by atoms with Gasteiger partial charge in [0.05, 0.1) is 32.5 Å². The molecule has 1 atom stereocenters. The van der Waals surface area contributed by atoms with Crippen molar-refractivity contribution in [3.8, 4) is 5.69 Å². The minimum atomic E-state index is 0.152. The fourth-order valence-corrected chi connectivity index (χ4v) is 1.84. The van der Waals surface area contributed by atoms with Crippen LogP contribution < -0.4 is 0 Å². The average Bonchev–Trinajstić information content (AvgIpc) is 2.71. The van der Waals surface area contributed by atoms with Crippen LogP contribution in [0.25, 0.3) is 5.69 Å². The van der Waals surface area contributed by atoms with E-state index in [0.717, 1.165) is 11.4 Å². The second-order valence-electron chi connectivity index (χ2n) is 3.28. The number of hydrogen-bond donors (Lipinski definition) is 0. The van der Waals surface area contributed by atoms with Crippen molar-refractivity contribution in [3.63, 3.8) is 0 Å². The lowest BCUT2D eigenvalue weighted by molar-refractivity contribution is 0.798. The van der Waals surface area contributed by atoms with E-state index in [-0.39, 0.29) is 4.83 Å². The SMILES string of the molecule is CC(Br)c1cn(-c2cccc(Cl)c2Cl)nn1.